The molecule has 1 unspecified atom stereocenters. The molecule has 0 aliphatic heterocycles. The molecule has 0 aliphatic carbocycles. The Kier molecular flexibility index (Phi) is 6.36. The van der Waals surface area contributed by atoms with Gasteiger partial charge in [0.15, 0.2) is 0 Å². The molecule has 0 bridgehead atoms. The normalized spacial score (nSPS) is 12.8. The summed E-state index contributed by atoms with van der Waals surface area (Å²) in [5, 5.41) is 11.7. The van der Waals surface area contributed by atoms with Gasteiger partial charge in [-0.05, 0) is 39.0 Å². The first-order chi connectivity index (χ1) is 9.69. The van der Waals surface area contributed by atoms with Crippen LogP contribution in [0.15, 0.2) is 28.7 Å². The van der Waals surface area contributed by atoms with E-state index in [1.165, 1.54) is 0 Å². The molecule has 0 aliphatic rings. The molecule has 2 N–H and O–H groups in total. The second-order valence-corrected chi connectivity index (χ2v) is 6.54. The number of carbonyl (C=O) groups is 2. The first kappa shape index (κ1) is 17.7. The third-order valence-corrected chi connectivity index (χ3v) is 3.13. The van der Waals surface area contributed by atoms with Gasteiger partial charge in [-0.3, -0.25) is 4.79 Å². The lowest BCUT2D eigenvalue weighted by molar-refractivity contribution is -0.140. The highest BCUT2D eigenvalue weighted by molar-refractivity contribution is 9.10. The molecule has 1 aromatic rings. The zero-order valence-corrected chi connectivity index (χ0v) is 13.9. The molecular weight excluding hydrogens is 338 g/mol. The zero-order chi connectivity index (χ0) is 16.0. The molecule has 0 radical (unpaired) electrons. The Morgan fingerprint density at radius 2 is 2.05 bits per heavy atom. The van der Waals surface area contributed by atoms with E-state index >= 15 is 0 Å². The van der Waals surface area contributed by atoms with Crippen LogP contribution in [0.25, 0.3) is 0 Å². The van der Waals surface area contributed by atoms with Gasteiger partial charge in [0.1, 0.15) is 6.04 Å². The molecule has 5 nitrogen and oxygen atoms in total. The molecule has 1 atom stereocenters. The fraction of sp³-hybridized carbons (Fsp3) is 0.467. The molecule has 0 fully saturated rings. The van der Waals surface area contributed by atoms with E-state index in [0.717, 1.165) is 4.47 Å². The topological polar surface area (TPSA) is 75.6 Å². The van der Waals surface area contributed by atoms with E-state index in [1.54, 1.807) is 24.3 Å². The smallest absolute Gasteiger partial charge is 0.326 e. The third kappa shape index (κ3) is 6.73. The lowest BCUT2D eigenvalue weighted by Gasteiger charge is -2.21. The molecule has 0 heterocycles. The van der Waals surface area contributed by atoms with E-state index < -0.39 is 17.9 Å². The van der Waals surface area contributed by atoms with Crippen LogP contribution in [0.3, 0.4) is 0 Å². The first-order valence-corrected chi connectivity index (χ1v) is 7.41. The minimum Gasteiger partial charge on any atom is -0.480 e. The Bertz CT molecular complexity index is 511. The van der Waals surface area contributed by atoms with Gasteiger partial charge in [0.25, 0.3) is 5.91 Å². The van der Waals surface area contributed by atoms with Crippen LogP contribution < -0.4 is 5.32 Å². The van der Waals surface area contributed by atoms with Crippen molar-refractivity contribution in [3.8, 4) is 0 Å². The summed E-state index contributed by atoms with van der Waals surface area (Å²) in [4.78, 5) is 23.2. The maximum Gasteiger partial charge on any atom is 0.326 e. The van der Waals surface area contributed by atoms with Crippen molar-refractivity contribution in [1.29, 1.82) is 0 Å². The zero-order valence-electron chi connectivity index (χ0n) is 12.4. The standard InChI is InChI=1S/C15H20BrNO4/c1-15(2,3)21-8-7-12(14(19)20)17-13(18)10-5-4-6-11(16)9-10/h4-6,9,12H,7-8H2,1-3H3,(H,17,18)(H,19,20). The summed E-state index contributed by atoms with van der Waals surface area (Å²) >= 11 is 3.27. The lowest BCUT2D eigenvalue weighted by Crippen LogP contribution is -2.42. The predicted octanol–water partition coefficient (Wildman–Crippen LogP) is 2.84. The van der Waals surface area contributed by atoms with Crippen molar-refractivity contribution in [2.45, 2.75) is 38.8 Å². The number of nitrogens with one attached hydrogen (secondary N) is 1. The molecule has 0 aromatic heterocycles. The average molecular weight is 358 g/mol. The molecule has 0 saturated heterocycles. The largest absolute Gasteiger partial charge is 0.480 e. The van der Waals surface area contributed by atoms with Gasteiger partial charge < -0.3 is 15.2 Å². The van der Waals surface area contributed by atoms with Gasteiger partial charge in [0.05, 0.1) is 5.60 Å². The van der Waals surface area contributed by atoms with Crippen LogP contribution in [0.4, 0.5) is 0 Å². The van der Waals surface area contributed by atoms with Crippen molar-refractivity contribution < 1.29 is 19.4 Å². The van der Waals surface area contributed by atoms with E-state index in [2.05, 4.69) is 21.2 Å². The fourth-order valence-corrected chi connectivity index (χ4v) is 2.01. The maximum atomic E-state index is 12.0. The molecule has 1 aromatic carbocycles. The van der Waals surface area contributed by atoms with Crippen LogP contribution in [0.1, 0.15) is 37.6 Å². The lowest BCUT2D eigenvalue weighted by atomic mass is 10.1. The summed E-state index contributed by atoms with van der Waals surface area (Å²) in [5.74, 6) is -1.49. The number of carbonyl (C=O) groups excluding carboxylic acids is 1. The average Bonchev–Trinajstić information content (AvgIpc) is 2.35. The van der Waals surface area contributed by atoms with Gasteiger partial charge in [-0.25, -0.2) is 4.79 Å². The number of benzene rings is 1. The SMILES string of the molecule is CC(C)(C)OCCC(NC(=O)c1cccc(Br)c1)C(=O)O. The van der Waals surface area contributed by atoms with Crippen molar-refractivity contribution in [3.05, 3.63) is 34.3 Å². The van der Waals surface area contributed by atoms with Crippen LogP contribution in [0.2, 0.25) is 0 Å². The number of hydrogen-bond donors (Lipinski definition) is 2. The van der Waals surface area contributed by atoms with Gasteiger partial charge in [-0.2, -0.15) is 0 Å². The van der Waals surface area contributed by atoms with Gasteiger partial charge in [0.2, 0.25) is 0 Å². The number of halogens is 1. The summed E-state index contributed by atoms with van der Waals surface area (Å²) in [6.07, 6.45) is 0.215. The molecule has 0 spiro atoms. The van der Waals surface area contributed by atoms with Crippen molar-refractivity contribution in [1.82, 2.24) is 5.32 Å². The van der Waals surface area contributed by atoms with Crippen molar-refractivity contribution in [3.63, 3.8) is 0 Å². The summed E-state index contributed by atoms with van der Waals surface area (Å²) in [7, 11) is 0. The fourth-order valence-electron chi connectivity index (χ4n) is 1.61. The number of carboxylic acids is 1. The van der Waals surface area contributed by atoms with Crippen LogP contribution >= 0.6 is 15.9 Å². The molecule has 116 valence electrons. The summed E-state index contributed by atoms with van der Waals surface area (Å²) in [6, 6.07) is 5.81. The van der Waals surface area contributed by atoms with Crippen molar-refractivity contribution in [2.24, 2.45) is 0 Å². The number of rotatable bonds is 6. The monoisotopic (exact) mass is 357 g/mol. The van der Waals surface area contributed by atoms with Crippen molar-refractivity contribution in [2.75, 3.05) is 6.61 Å². The number of hydrogen-bond acceptors (Lipinski definition) is 3. The molecule has 0 saturated carbocycles. The molecule has 21 heavy (non-hydrogen) atoms. The van der Waals surface area contributed by atoms with Gasteiger partial charge in [-0.15, -0.1) is 0 Å². The summed E-state index contributed by atoms with van der Waals surface area (Å²) in [6.45, 7) is 5.94. The van der Waals surface area contributed by atoms with Crippen LogP contribution in [0.5, 0.6) is 0 Å². The molecule has 1 rings (SSSR count). The van der Waals surface area contributed by atoms with Gasteiger partial charge in [0, 0.05) is 23.1 Å². The van der Waals surface area contributed by atoms with E-state index in [-0.39, 0.29) is 18.6 Å². The Labute approximate surface area is 132 Å². The number of amides is 1. The quantitative estimate of drug-likeness (QED) is 0.820. The highest BCUT2D eigenvalue weighted by atomic mass is 79.9. The minimum absolute atomic E-state index is 0.215. The predicted molar refractivity (Wildman–Crippen MR) is 83.4 cm³/mol. The Hall–Kier alpha value is -1.40. The number of carboxylic acid groups (broad SMARTS) is 1. The first-order valence-electron chi connectivity index (χ1n) is 6.62. The number of ether oxygens (including phenoxy) is 1. The third-order valence-electron chi connectivity index (χ3n) is 2.63. The van der Waals surface area contributed by atoms with E-state index in [9.17, 15) is 14.7 Å². The van der Waals surface area contributed by atoms with Crippen LogP contribution in [-0.2, 0) is 9.53 Å². The van der Waals surface area contributed by atoms with E-state index in [0.29, 0.717) is 5.56 Å². The molecule has 6 heteroatoms. The maximum absolute atomic E-state index is 12.0. The Morgan fingerprint density at radius 1 is 1.38 bits per heavy atom. The second kappa shape index (κ2) is 7.56. The minimum atomic E-state index is -1.07. The Morgan fingerprint density at radius 3 is 2.57 bits per heavy atom. The summed E-state index contributed by atoms with van der Waals surface area (Å²) in [5.41, 5.74) is 0.0736. The van der Waals surface area contributed by atoms with E-state index in [4.69, 9.17) is 4.74 Å². The highest BCUT2D eigenvalue weighted by Gasteiger charge is 2.21. The van der Waals surface area contributed by atoms with Crippen LogP contribution in [-0.4, -0.2) is 35.2 Å². The van der Waals surface area contributed by atoms with Crippen LogP contribution in [0, 0.1) is 0 Å². The highest BCUT2D eigenvalue weighted by Crippen LogP contribution is 2.12. The molecular formula is C15H20BrNO4. The second-order valence-electron chi connectivity index (χ2n) is 5.62. The van der Waals surface area contributed by atoms with E-state index in [1.807, 2.05) is 20.8 Å². The van der Waals surface area contributed by atoms with Crippen molar-refractivity contribution >= 4 is 27.8 Å². The Balaban J connectivity index is 2.62. The summed E-state index contributed by atoms with van der Waals surface area (Å²) < 4.78 is 6.26. The number of aliphatic carboxylic acids is 1. The van der Waals surface area contributed by atoms with Gasteiger partial charge in [-0.1, -0.05) is 22.0 Å². The molecule has 1 amide bonds. The van der Waals surface area contributed by atoms with Gasteiger partial charge >= 0.3 is 5.97 Å².